The van der Waals surface area contributed by atoms with Crippen LogP contribution in [-0.4, -0.2) is 33.9 Å². The summed E-state index contributed by atoms with van der Waals surface area (Å²) in [6.07, 6.45) is 0.841. The van der Waals surface area contributed by atoms with E-state index in [1.165, 1.54) is 0 Å². The summed E-state index contributed by atoms with van der Waals surface area (Å²) in [5.74, 6) is 1.04. The van der Waals surface area contributed by atoms with Crippen LogP contribution in [0.25, 0.3) is 0 Å². The van der Waals surface area contributed by atoms with Crippen molar-refractivity contribution in [2.75, 3.05) is 19.8 Å². The number of fused-ring (bicyclic) bond motifs is 1. The number of carbonyl (C=O) groups is 1. The number of carbonyl (C=O) groups excluding carboxylic acids is 1. The number of halogens is 1. The van der Waals surface area contributed by atoms with Crippen molar-refractivity contribution in [2.24, 2.45) is 5.92 Å². The number of ether oxygens (including phenoxy) is 2. The fourth-order valence-corrected chi connectivity index (χ4v) is 4.41. The number of ketones is 1. The normalized spacial score (nSPS) is 18.7. The van der Waals surface area contributed by atoms with E-state index in [1.807, 2.05) is 49.4 Å². The summed E-state index contributed by atoms with van der Waals surface area (Å²) in [7, 11) is -1.48. The Morgan fingerprint density at radius 1 is 1.17 bits per heavy atom. The highest BCUT2D eigenvalue weighted by Crippen LogP contribution is 2.42. The summed E-state index contributed by atoms with van der Waals surface area (Å²) >= 11 is 6.68. The monoisotopic (exact) mass is 432 g/mol. The lowest BCUT2D eigenvalue weighted by Crippen LogP contribution is -2.30. The smallest absolute Gasteiger partial charge is 0.183 e. The molecular formula is C23H29ClO4Si. The predicted molar refractivity (Wildman–Crippen MR) is 119 cm³/mol. The Bertz CT molecular complexity index is 862. The first kappa shape index (κ1) is 21.9. The third-order valence-electron chi connectivity index (χ3n) is 4.79. The Hall–Kier alpha value is -1.82. The molecule has 2 aromatic carbocycles. The van der Waals surface area contributed by atoms with Gasteiger partial charge in [0.2, 0.25) is 0 Å². The topological polar surface area (TPSA) is 44.8 Å². The van der Waals surface area contributed by atoms with E-state index in [1.54, 1.807) is 0 Å². The van der Waals surface area contributed by atoms with E-state index in [0.717, 1.165) is 23.3 Å². The van der Waals surface area contributed by atoms with Crippen LogP contribution < -0.4 is 9.47 Å². The Morgan fingerprint density at radius 2 is 1.97 bits per heavy atom. The first-order valence-electron chi connectivity index (χ1n) is 10.0. The van der Waals surface area contributed by atoms with E-state index < -0.39 is 19.6 Å². The molecule has 2 unspecified atom stereocenters. The van der Waals surface area contributed by atoms with Crippen LogP contribution in [-0.2, 0) is 4.43 Å². The molecule has 156 valence electrons. The van der Waals surface area contributed by atoms with Crippen molar-refractivity contribution >= 4 is 25.7 Å². The first-order chi connectivity index (χ1) is 13.7. The second-order valence-electron chi connectivity index (χ2n) is 8.42. The summed E-state index contributed by atoms with van der Waals surface area (Å²) < 4.78 is 17.5. The number of hydrogen-bond acceptors (Lipinski definition) is 4. The van der Waals surface area contributed by atoms with Crippen LogP contribution in [0.4, 0.5) is 0 Å². The molecule has 0 radical (unpaired) electrons. The van der Waals surface area contributed by atoms with Crippen molar-refractivity contribution in [3.05, 3.63) is 59.2 Å². The SMILES string of the molecule is Cc1cccc(C(=O)C2COc3cc(OCCCO[Si](C)(C)C)ccc3C2Cl)c1. The largest absolute Gasteiger partial charge is 0.493 e. The van der Waals surface area contributed by atoms with Crippen molar-refractivity contribution in [2.45, 2.75) is 38.4 Å². The van der Waals surface area contributed by atoms with Gasteiger partial charge in [0, 0.05) is 30.2 Å². The maximum Gasteiger partial charge on any atom is 0.183 e. The molecule has 6 heteroatoms. The Labute approximate surface area is 179 Å². The second-order valence-corrected chi connectivity index (χ2v) is 13.4. The molecule has 0 amide bonds. The molecule has 2 atom stereocenters. The quantitative estimate of drug-likeness (QED) is 0.229. The maximum absolute atomic E-state index is 12.9. The molecular weight excluding hydrogens is 404 g/mol. The number of Topliss-reactive ketones (excluding diaryl/α,β-unsaturated/α-hetero) is 1. The highest BCUT2D eigenvalue weighted by atomic mass is 35.5. The number of hydrogen-bond donors (Lipinski definition) is 0. The minimum atomic E-state index is -1.48. The Balaban J connectivity index is 1.61. The molecule has 0 bridgehead atoms. The van der Waals surface area contributed by atoms with Gasteiger partial charge in [-0.3, -0.25) is 4.79 Å². The van der Waals surface area contributed by atoms with Gasteiger partial charge in [0.15, 0.2) is 14.1 Å². The zero-order valence-electron chi connectivity index (χ0n) is 17.5. The van der Waals surface area contributed by atoms with E-state index >= 15 is 0 Å². The molecule has 0 spiro atoms. The zero-order chi connectivity index (χ0) is 21.0. The summed E-state index contributed by atoms with van der Waals surface area (Å²) in [4.78, 5) is 12.9. The molecule has 0 aliphatic carbocycles. The van der Waals surface area contributed by atoms with Gasteiger partial charge in [0.1, 0.15) is 18.1 Å². The molecule has 4 nitrogen and oxygen atoms in total. The lowest BCUT2D eigenvalue weighted by molar-refractivity contribution is 0.0849. The molecule has 1 aliphatic heterocycles. The molecule has 1 heterocycles. The first-order valence-corrected chi connectivity index (χ1v) is 13.9. The Morgan fingerprint density at radius 3 is 2.69 bits per heavy atom. The minimum Gasteiger partial charge on any atom is -0.493 e. The average molecular weight is 433 g/mol. The summed E-state index contributed by atoms with van der Waals surface area (Å²) in [5.41, 5.74) is 2.56. The van der Waals surface area contributed by atoms with Gasteiger partial charge < -0.3 is 13.9 Å². The molecule has 1 aliphatic rings. The van der Waals surface area contributed by atoms with Crippen molar-refractivity contribution in [3.8, 4) is 11.5 Å². The van der Waals surface area contributed by atoms with Gasteiger partial charge >= 0.3 is 0 Å². The molecule has 3 rings (SSSR count). The fraction of sp³-hybridized carbons (Fsp3) is 0.435. The average Bonchev–Trinajstić information content (AvgIpc) is 2.66. The van der Waals surface area contributed by atoms with Gasteiger partial charge in [-0.1, -0.05) is 29.8 Å². The van der Waals surface area contributed by atoms with Gasteiger partial charge in [-0.25, -0.2) is 0 Å². The van der Waals surface area contributed by atoms with Crippen molar-refractivity contribution in [1.29, 1.82) is 0 Å². The molecule has 0 saturated carbocycles. The summed E-state index contributed by atoms with van der Waals surface area (Å²) in [6, 6.07) is 13.2. The lowest BCUT2D eigenvalue weighted by Gasteiger charge is -2.29. The van der Waals surface area contributed by atoms with Gasteiger partial charge in [0.05, 0.1) is 17.9 Å². The number of benzene rings is 2. The third kappa shape index (κ3) is 5.84. The fourth-order valence-electron chi connectivity index (χ4n) is 3.29. The molecule has 0 aromatic heterocycles. The van der Waals surface area contributed by atoms with E-state index in [4.69, 9.17) is 25.5 Å². The van der Waals surface area contributed by atoms with E-state index in [0.29, 0.717) is 24.5 Å². The van der Waals surface area contributed by atoms with Crippen LogP contribution in [0.15, 0.2) is 42.5 Å². The summed E-state index contributed by atoms with van der Waals surface area (Å²) in [6.45, 7) is 10.1. The number of alkyl halides is 1. The van der Waals surface area contributed by atoms with Crippen LogP contribution in [0.2, 0.25) is 19.6 Å². The van der Waals surface area contributed by atoms with Gasteiger partial charge in [-0.05, 0) is 38.7 Å². The van der Waals surface area contributed by atoms with Crippen LogP contribution in [0.1, 0.15) is 33.3 Å². The van der Waals surface area contributed by atoms with Gasteiger partial charge in [-0.15, -0.1) is 11.6 Å². The van der Waals surface area contributed by atoms with Crippen LogP contribution in [0.5, 0.6) is 11.5 Å². The molecule has 0 saturated heterocycles. The number of rotatable bonds is 8. The van der Waals surface area contributed by atoms with Gasteiger partial charge in [-0.2, -0.15) is 0 Å². The number of aryl methyl sites for hydroxylation is 1. The van der Waals surface area contributed by atoms with Crippen LogP contribution >= 0.6 is 11.6 Å². The zero-order valence-corrected chi connectivity index (χ0v) is 19.3. The molecule has 0 fully saturated rings. The minimum absolute atomic E-state index is 0.0158. The Kier molecular flexibility index (Phi) is 7.04. The second kappa shape index (κ2) is 9.33. The van der Waals surface area contributed by atoms with Crippen LogP contribution in [0.3, 0.4) is 0 Å². The van der Waals surface area contributed by atoms with Crippen LogP contribution in [0, 0.1) is 12.8 Å². The molecule has 29 heavy (non-hydrogen) atoms. The highest BCUT2D eigenvalue weighted by Gasteiger charge is 2.35. The van der Waals surface area contributed by atoms with E-state index in [2.05, 4.69) is 19.6 Å². The van der Waals surface area contributed by atoms with Crippen molar-refractivity contribution in [3.63, 3.8) is 0 Å². The molecule has 0 N–H and O–H groups in total. The summed E-state index contributed by atoms with van der Waals surface area (Å²) in [5, 5.41) is -0.425. The standard InChI is InChI=1S/C23H29ClO4Si/c1-16-7-5-8-17(13-16)23(25)20-15-27-21-14-18(9-10-19(21)22(20)24)26-11-6-12-28-29(2,3)4/h5,7-10,13-14,20,22H,6,11-12,15H2,1-4H3. The maximum atomic E-state index is 12.9. The lowest BCUT2D eigenvalue weighted by atomic mass is 9.89. The molecule has 2 aromatic rings. The van der Waals surface area contributed by atoms with Crippen molar-refractivity contribution in [1.82, 2.24) is 0 Å². The van der Waals surface area contributed by atoms with Crippen molar-refractivity contribution < 1.29 is 18.7 Å². The third-order valence-corrected chi connectivity index (χ3v) is 6.40. The predicted octanol–water partition coefficient (Wildman–Crippen LogP) is 5.79. The van der Waals surface area contributed by atoms with E-state index in [9.17, 15) is 4.79 Å². The van der Waals surface area contributed by atoms with Gasteiger partial charge in [0.25, 0.3) is 0 Å². The van der Waals surface area contributed by atoms with E-state index in [-0.39, 0.29) is 12.4 Å². The highest BCUT2D eigenvalue weighted by molar-refractivity contribution is 6.69.